The monoisotopic (exact) mass is 304 g/mol. The van der Waals surface area contributed by atoms with Crippen LogP contribution in [0.2, 0.25) is 0 Å². The number of aliphatic hydroxyl groups is 2. The highest BCUT2D eigenvalue weighted by Crippen LogP contribution is 2.63. The van der Waals surface area contributed by atoms with Gasteiger partial charge in [0.2, 0.25) is 0 Å². The largest absolute Gasteiger partial charge is 0.393 e. The predicted octanol–water partition coefficient (Wildman–Crippen LogP) is 2.85. The molecule has 0 aromatic heterocycles. The van der Waals surface area contributed by atoms with Crippen LogP contribution in [0.15, 0.2) is 11.6 Å². The Kier molecular flexibility index (Phi) is 3.16. The first kappa shape index (κ1) is 14.9. The Balaban J connectivity index is 1.75. The lowest BCUT2D eigenvalue weighted by Crippen LogP contribution is -2.54. The minimum atomic E-state index is -0.272. The van der Waals surface area contributed by atoms with Crippen molar-refractivity contribution in [3.63, 3.8) is 0 Å². The number of fused-ring (bicyclic) bond motifs is 5. The summed E-state index contributed by atoms with van der Waals surface area (Å²) in [6.07, 6.45) is 7.83. The van der Waals surface area contributed by atoms with E-state index < -0.39 is 0 Å². The number of allylic oxidation sites excluding steroid dienone is 1. The summed E-state index contributed by atoms with van der Waals surface area (Å²) >= 11 is 0. The first-order chi connectivity index (χ1) is 10.4. The third kappa shape index (κ3) is 1.78. The number of carbonyl (C=O) groups excluding carboxylic acids is 1. The van der Waals surface area contributed by atoms with Gasteiger partial charge in [-0.15, -0.1) is 0 Å². The van der Waals surface area contributed by atoms with E-state index in [9.17, 15) is 15.0 Å². The van der Waals surface area contributed by atoms with Crippen LogP contribution in [0.4, 0.5) is 0 Å². The zero-order valence-corrected chi connectivity index (χ0v) is 13.7. The number of carbonyl (C=O) groups is 1. The minimum absolute atomic E-state index is 0.0628. The molecule has 2 N–H and O–H groups in total. The van der Waals surface area contributed by atoms with Gasteiger partial charge in [-0.2, -0.15) is 0 Å². The van der Waals surface area contributed by atoms with Gasteiger partial charge in [-0.25, -0.2) is 0 Å². The Hall–Kier alpha value is -0.670. The van der Waals surface area contributed by atoms with E-state index >= 15 is 0 Å². The van der Waals surface area contributed by atoms with Crippen molar-refractivity contribution < 1.29 is 15.0 Å². The van der Waals surface area contributed by atoms with Crippen LogP contribution in [0, 0.1) is 28.6 Å². The lowest BCUT2D eigenvalue weighted by atomic mass is 9.47. The molecule has 0 aromatic carbocycles. The van der Waals surface area contributed by atoms with Crippen LogP contribution in [-0.4, -0.2) is 28.2 Å². The molecule has 0 aliphatic heterocycles. The quantitative estimate of drug-likeness (QED) is 0.723. The number of hydrogen-bond acceptors (Lipinski definition) is 3. The molecule has 0 spiro atoms. The Morgan fingerprint density at radius 3 is 2.59 bits per heavy atom. The number of ketones is 1. The second-order valence-electron chi connectivity index (χ2n) is 8.76. The Morgan fingerprint density at radius 1 is 1.05 bits per heavy atom. The van der Waals surface area contributed by atoms with Crippen molar-refractivity contribution in [3.8, 4) is 0 Å². The van der Waals surface area contributed by atoms with Crippen LogP contribution < -0.4 is 0 Å². The maximum absolute atomic E-state index is 12.9. The van der Waals surface area contributed by atoms with Gasteiger partial charge in [0.1, 0.15) is 0 Å². The van der Waals surface area contributed by atoms with E-state index in [1.807, 2.05) is 6.08 Å². The topological polar surface area (TPSA) is 57.5 Å². The highest BCUT2D eigenvalue weighted by Gasteiger charge is 2.60. The van der Waals surface area contributed by atoms with Gasteiger partial charge in [-0.3, -0.25) is 4.79 Å². The molecular formula is C19H28O3. The molecule has 3 unspecified atom stereocenters. The molecule has 4 rings (SSSR count). The highest BCUT2D eigenvalue weighted by molar-refractivity contribution is 5.94. The Bertz CT molecular complexity index is 539. The van der Waals surface area contributed by atoms with Crippen LogP contribution >= 0.6 is 0 Å². The molecule has 3 saturated carbocycles. The zero-order valence-electron chi connectivity index (χ0n) is 13.7. The molecule has 0 bridgehead atoms. The smallest absolute Gasteiger partial charge is 0.159 e. The average molecular weight is 304 g/mol. The van der Waals surface area contributed by atoms with Crippen molar-refractivity contribution in [1.29, 1.82) is 0 Å². The molecule has 3 nitrogen and oxygen atoms in total. The molecule has 4 aliphatic carbocycles. The van der Waals surface area contributed by atoms with Crippen LogP contribution in [0.25, 0.3) is 0 Å². The van der Waals surface area contributed by atoms with Gasteiger partial charge in [0.25, 0.3) is 0 Å². The molecule has 4 aliphatic rings. The molecule has 0 aromatic rings. The molecule has 3 fully saturated rings. The van der Waals surface area contributed by atoms with Crippen molar-refractivity contribution in [2.45, 2.75) is 71.0 Å². The van der Waals surface area contributed by atoms with Gasteiger partial charge in [0.15, 0.2) is 5.78 Å². The predicted molar refractivity (Wildman–Crippen MR) is 84.1 cm³/mol. The summed E-state index contributed by atoms with van der Waals surface area (Å²) in [4.78, 5) is 12.9. The van der Waals surface area contributed by atoms with E-state index in [1.165, 1.54) is 5.57 Å². The molecule has 0 saturated heterocycles. The molecule has 122 valence electrons. The van der Waals surface area contributed by atoms with Crippen molar-refractivity contribution in [2.24, 2.45) is 28.6 Å². The summed E-state index contributed by atoms with van der Waals surface area (Å²) < 4.78 is 0. The molecule has 7 atom stereocenters. The van der Waals surface area contributed by atoms with E-state index in [0.717, 1.165) is 38.5 Å². The lowest BCUT2D eigenvalue weighted by Gasteiger charge is -2.56. The van der Waals surface area contributed by atoms with Gasteiger partial charge in [-0.05, 0) is 73.7 Å². The molecule has 0 amide bonds. The summed E-state index contributed by atoms with van der Waals surface area (Å²) in [5.74, 6) is 1.13. The Labute approximate surface area is 132 Å². The van der Waals surface area contributed by atoms with E-state index in [-0.39, 0.29) is 34.7 Å². The van der Waals surface area contributed by atoms with Crippen LogP contribution in [0.5, 0.6) is 0 Å². The van der Waals surface area contributed by atoms with E-state index in [2.05, 4.69) is 13.8 Å². The summed E-state index contributed by atoms with van der Waals surface area (Å²) in [7, 11) is 0. The van der Waals surface area contributed by atoms with E-state index in [1.54, 1.807) is 0 Å². The maximum Gasteiger partial charge on any atom is 0.159 e. The normalized spacial score (nSPS) is 54.3. The minimum Gasteiger partial charge on any atom is -0.393 e. The standard InChI is InChI=1S/C19H28O3/c1-18-7-5-12(20)9-11(18)10-15(21)17-13-3-4-16(22)19(13,2)8-6-14(17)18/h10,12-14,16-17,20,22H,3-9H2,1-2H3/t12?,13-,14+,16?,17?,18-,19-/m0/s1. The number of hydrogen-bond donors (Lipinski definition) is 2. The SMILES string of the molecule is C[C@]12CCC(O)CC1=CC(=O)C1[C@H]2CC[C@]2(C)C(O)CC[C@@H]12. The fourth-order valence-electron chi connectivity index (χ4n) is 6.36. The second kappa shape index (κ2) is 4.67. The van der Waals surface area contributed by atoms with Gasteiger partial charge in [0.05, 0.1) is 12.2 Å². The van der Waals surface area contributed by atoms with Crippen LogP contribution in [-0.2, 0) is 4.79 Å². The van der Waals surface area contributed by atoms with Crippen molar-refractivity contribution >= 4 is 5.78 Å². The van der Waals surface area contributed by atoms with Gasteiger partial charge < -0.3 is 10.2 Å². The molecule has 0 heterocycles. The van der Waals surface area contributed by atoms with Crippen molar-refractivity contribution in [2.75, 3.05) is 0 Å². The van der Waals surface area contributed by atoms with Crippen molar-refractivity contribution in [1.82, 2.24) is 0 Å². The zero-order chi connectivity index (χ0) is 15.7. The van der Waals surface area contributed by atoms with Crippen molar-refractivity contribution in [3.05, 3.63) is 11.6 Å². The lowest BCUT2D eigenvalue weighted by molar-refractivity contribution is -0.136. The summed E-state index contributed by atoms with van der Waals surface area (Å²) in [5.41, 5.74) is 1.22. The third-order valence-electron chi connectivity index (χ3n) is 7.87. The Morgan fingerprint density at radius 2 is 1.82 bits per heavy atom. The van der Waals surface area contributed by atoms with Gasteiger partial charge in [-0.1, -0.05) is 19.4 Å². The fourth-order valence-corrected chi connectivity index (χ4v) is 6.36. The first-order valence-electron chi connectivity index (χ1n) is 8.97. The van der Waals surface area contributed by atoms with Crippen LogP contribution in [0.1, 0.15) is 58.8 Å². The first-order valence-corrected chi connectivity index (χ1v) is 8.97. The second-order valence-corrected chi connectivity index (χ2v) is 8.76. The molecule has 3 heteroatoms. The third-order valence-corrected chi connectivity index (χ3v) is 7.87. The molecule has 22 heavy (non-hydrogen) atoms. The molecular weight excluding hydrogens is 276 g/mol. The average Bonchev–Trinajstić information content (AvgIpc) is 2.77. The number of rotatable bonds is 0. The summed E-state index contributed by atoms with van der Waals surface area (Å²) in [6.45, 7) is 4.52. The fraction of sp³-hybridized carbons (Fsp3) is 0.842. The highest BCUT2D eigenvalue weighted by atomic mass is 16.3. The molecule has 0 radical (unpaired) electrons. The summed E-state index contributed by atoms with van der Waals surface area (Å²) in [5, 5.41) is 20.4. The van der Waals surface area contributed by atoms with Gasteiger partial charge >= 0.3 is 0 Å². The van der Waals surface area contributed by atoms with Crippen LogP contribution in [0.3, 0.4) is 0 Å². The van der Waals surface area contributed by atoms with E-state index in [0.29, 0.717) is 18.3 Å². The maximum atomic E-state index is 12.9. The van der Waals surface area contributed by atoms with E-state index in [4.69, 9.17) is 0 Å². The number of aliphatic hydroxyl groups excluding tert-OH is 2. The summed E-state index contributed by atoms with van der Waals surface area (Å²) in [6, 6.07) is 0. The van der Waals surface area contributed by atoms with Gasteiger partial charge in [0, 0.05) is 5.92 Å².